The Balaban J connectivity index is 2.42. The Hall–Kier alpha value is -2.10. The molecular formula is C11H11N3O. The fourth-order valence-electron chi connectivity index (χ4n) is 1.38. The van der Waals surface area contributed by atoms with Crippen molar-refractivity contribution in [3.63, 3.8) is 0 Å². The number of carbonyl (C=O) groups excluding carboxylic acids is 1. The third-order valence-corrected chi connectivity index (χ3v) is 1.97. The molecular weight excluding hydrogens is 190 g/mol. The van der Waals surface area contributed by atoms with Crippen LogP contribution in [0.4, 0.5) is 5.69 Å². The van der Waals surface area contributed by atoms with Crippen molar-refractivity contribution in [1.29, 1.82) is 0 Å². The zero-order chi connectivity index (χ0) is 10.7. The Labute approximate surface area is 87.5 Å². The predicted octanol–water partition coefficient (Wildman–Crippen LogP) is 1.83. The molecule has 0 saturated heterocycles. The lowest BCUT2D eigenvalue weighted by Gasteiger charge is -2.08. The summed E-state index contributed by atoms with van der Waals surface area (Å²) in [4.78, 5) is 11.0. The number of para-hydroxylation sites is 2. The van der Waals surface area contributed by atoms with Crippen LogP contribution in [0.25, 0.3) is 5.69 Å². The first-order valence-corrected chi connectivity index (χ1v) is 4.64. The molecule has 0 aliphatic rings. The molecule has 4 heteroatoms. The van der Waals surface area contributed by atoms with Crippen molar-refractivity contribution in [1.82, 2.24) is 9.78 Å². The van der Waals surface area contributed by atoms with Crippen molar-refractivity contribution in [2.45, 2.75) is 6.92 Å². The van der Waals surface area contributed by atoms with E-state index in [9.17, 15) is 4.79 Å². The molecule has 2 aromatic rings. The number of hydrogen-bond acceptors (Lipinski definition) is 2. The van der Waals surface area contributed by atoms with Crippen molar-refractivity contribution in [3.05, 3.63) is 42.7 Å². The van der Waals surface area contributed by atoms with E-state index in [1.165, 1.54) is 6.92 Å². The van der Waals surface area contributed by atoms with Crippen LogP contribution in [0.3, 0.4) is 0 Å². The van der Waals surface area contributed by atoms with E-state index in [1.807, 2.05) is 36.5 Å². The molecule has 1 N–H and O–H groups in total. The van der Waals surface area contributed by atoms with Gasteiger partial charge in [-0.2, -0.15) is 5.10 Å². The van der Waals surface area contributed by atoms with Gasteiger partial charge in [-0.3, -0.25) is 4.79 Å². The lowest BCUT2D eigenvalue weighted by atomic mass is 10.2. The van der Waals surface area contributed by atoms with E-state index in [4.69, 9.17) is 0 Å². The van der Waals surface area contributed by atoms with E-state index in [2.05, 4.69) is 10.4 Å². The second-order valence-corrected chi connectivity index (χ2v) is 3.15. The molecule has 4 nitrogen and oxygen atoms in total. The van der Waals surface area contributed by atoms with Gasteiger partial charge in [-0.1, -0.05) is 12.1 Å². The highest BCUT2D eigenvalue weighted by molar-refractivity contribution is 5.90. The van der Waals surface area contributed by atoms with E-state index in [-0.39, 0.29) is 5.91 Å². The lowest BCUT2D eigenvalue weighted by Crippen LogP contribution is -2.09. The van der Waals surface area contributed by atoms with Gasteiger partial charge < -0.3 is 5.32 Å². The summed E-state index contributed by atoms with van der Waals surface area (Å²) in [5, 5.41) is 6.88. The Bertz CT molecular complexity index is 462. The molecule has 0 aliphatic heterocycles. The maximum Gasteiger partial charge on any atom is 0.221 e. The highest BCUT2D eigenvalue weighted by Gasteiger charge is 2.04. The zero-order valence-corrected chi connectivity index (χ0v) is 8.34. The second-order valence-electron chi connectivity index (χ2n) is 3.15. The van der Waals surface area contributed by atoms with Crippen LogP contribution in [0.5, 0.6) is 0 Å². The van der Waals surface area contributed by atoms with Crippen LogP contribution in [0.2, 0.25) is 0 Å². The standard InChI is InChI=1S/C11H11N3O/c1-9(15)13-10-5-2-3-6-11(10)14-8-4-7-12-14/h2-8H,1H3,(H,13,15). The summed E-state index contributed by atoms with van der Waals surface area (Å²) in [5.74, 6) is -0.0883. The number of rotatable bonds is 2. The molecule has 1 amide bonds. The van der Waals surface area contributed by atoms with E-state index < -0.39 is 0 Å². The highest BCUT2D eigenvalue weighted by Crippen LogP contribution is 2.18. The van der Waals surface area contributed by atoms with Gasteiger partial charge in [0.05, 0.1) is 11.4 Å². The predicted molar refractivity (Wildman–Crippen MR) is 57.9 cm³/mol. The summed E-state index contributed by atoms with van der Waals surface area (Å²) in [7, 11) is 0. The maximum atomic E-state index is 11.0. The third kappa shape index (κ3) is 2.04. The van der Waals surface area contributed by atoms with Crippen LogP contribution in [0, 0.1) is 0 Å². The molecule has 15 heavy (non-hydrogen) atoms. The first kappa shape index (κ1) is 9.45. The van der Waals surface area contributed by atoms with Crippen LogP contribution in [0.15, 0.2) is 42.7 Å². The fourth-order valence-corrected chi connectivity index (χ4v) is 1.38. The molecule has 0 spiro atoms. The number of carbonyl (C=O) groups is 1. The van der Waals surface area contributed by atoms with Gasteiger partial charge in [-0.05, 0) is 18.2 Å². The van der Waals surface area contributed by atoms with Crippen LogP contribution < -0.4 is 5.32 Å². The Morgan fingerprint density at radius 1 is 1.33 bits per heavy atom. The van der Waals surface area contributed by atoms with Crippen molar-refractivity contribution in [3.8, 4) is 5.69 Å². The van der Waals surface area contributed by atoms with Crippen molar-refractivity contribution in [2.75, 3.05) is 5.32 Å². The fraction of sp³-hybridized carbons (Fsp3) is 0.0909. The minimum atomic E-state index is -0.0883. The van der Waals surface area contributed by atoms with Crippen LogP contribution in [-0.4, -0.2) is 15.7 Å². The summed E-state index contributed by atoms with van der Waals surface area (Å²) in [6, 6.07) is 9.36. The maximum absolute atomic E-state index is 11.0. The lowest BCUT2D eigenvalue weighted by molar-refractivity contribution is -0.114. The minimum absolute atomic E-state index is 0.0883. The first-order valence-electron chi connectivity index (χ1n) is 4.64. The molecule has 2 rings (SSSR count). The normalized spacial score (nSPS) is 9.93. The van der Waals surface area contributed by atoms with E-state index >= 15 is 0 Å². The van der Waals surface area contributed by atoms with E-state index in [0.29, 0.717) is 0 Å². The van der Waals surface area contributed by atoms with Crippen LogP contribution in [-0.2, 0) is 4.79 Å². The Kier molecular flexibility index (Phi) is 2.49. The van der Waals surface area contributed by atoms with Gasteiger partial charge >= 0.3 is 0 Å². The van der Waals surface area contributed by atoms with Crippen LogP contribution >= 0.6 is 0 Å². The monoisotopic (exact) mass is 201 g/mol. The number of amides is 1. The minimum Gasteiger partial charge on any atom is -0.324 e. The van der Waals surface area contributed by atoms with Gasteiger partial charge in [0, 0.05) is 19.3 Å². The number of hydrogen-bond donors (Lipinski definition) is 1. The number of nitrogens with one attached hydrogen (secondary N) is 1. The number of nitrogens with zero attached hydrogens (tertiary/aromatic N) is 2. The Morgan fingerprint density at radius 3 is 2.80 bits per heavy atom. The highest BCUT2D eigenvalue weighted by atomic mass is 16.1. The summed E-state index contributed by atoms with van der Waals surface area (Å²) in [5.41, 5.74) is 1.62. The average molecular weight is 201 g/mol. The summed E-state index contributed by atoms with van der Waals surface area (Å²) < 4.78 is 1.71. The summed E-state index contributed by atoms with van der Waals surface area (Å²) >= 11 is 0. The van der Waals surface area contributed by atoms with Crippen molar-refractivity contribution < 1.29 is 4.79 Å². The van der Waals surface area contributed by atoms with Gasteiger partial charge in [0.15, 0.2) is 0 Å². The van der Waals surface area contributed by atoms with Gasteiger partial charge in [0.2, 0.25) is 5.91 Å². The molecule has 0 bridgehead atoms. The van der Waals surface area contributed by atoms with Gasteiger partial charge in [-0.15, -0.1) is 0 Å². The number of anilines is 1. The molecule has 0 unspecified atom stereocenters. The molecule has 76 valence electrons. The zero-order valence-electron chi connectivity index (χ0n) is 8.34. The van der Waals surface area contributed by atoms with Crippen LogP contribution in [0.1, 0.15) is 6.92 Å². The third-order valence-electron chi connectivity index (χ3n) is 1.97. The molecule has 0 fully saturated rings. The first-order chi connectivity index (χ1) is 7.27. The SMILES string of the molecule is CC(=O)Nc1ccccc1-n1cccn1. The van der Waals surface area contributed by atoms with E-state index in [0.717, 1.165) is 11.4 Å². The largest absolute Gasteiger partial charge is 0.324 e. The van der Waals surface area contributed by atoms with E-state index in [1.54, 1.807) is 10.9 Å². The molecule has 0 aliphatic carbocycles. The summed E-state index contributed by atoms with van der Waals surface area (Å²) in [6.07, 6.45) is 3.53. The molecule has 0 saturated carbocycles. The Morgan fingerprint density at radius 2 is 2.13 bits per heavy atom. The quantitative estimate of drug-likeness (QED) is 0.805. The molecule has 1 aromatic carbocycles. The average Bonchev–Trinajstić information content (AvgIpc) is 2.70. The molecule has 0 atom stereocenters. The molecule has 1 aromatic heterocycles. The summed E-state index contributed by atoms with van der Waals surface area (Å²) in [6.45, 7) is 1.49. The van der Waals surface area contributed by atoms with Crippen molar-refractivity contribution >= 4 is 11.6 Å². The number of benzene rings is 1. The second kappa shape index (κ2) is 3.96. The van der Waals surface area contributed by atoms with Crippen molar-refractivity contribution in [2.24, 2.45) is 0 Å². The number of aromatic nitrogens is 2. The van der Waals surface area contributed by atoms with Gasteiger partial charge in [0.25, 0.3) is 0 Å². The smallest absolute Gasteiger partial charge is 0.221 e. The molecule has 0 radical (unpaired) electrons. The van der Waals surface area contributed by atoms with Gasteiger partial charge in [-0.25, -0.2) is 4.68 Å². The topological polar surface area (TPSA) is 46.9 Å². The van der Waals surface area contributed by atoms with Gasteiger partial charge in [0.1, 0.15) is 0 Å². The molecule has 1 heterocycles.